The fraction of sp³-hybridized carbons (Fsp3) is 0.450. The van der Waals surface area contributed by atoms with Crippen molar-refractivity contribution in [1.82, 2.24) is 25.0 Å². The third-order valence-corrected chi connectivity index (χ3v) is 4.41. The van der Waals surface area contributed by atoms with Crippen LogP contribution in [-0.4, -0.2) is 59.0 Å². The second-order valence-electron chi connectivity index (χ2n) is 6.50. The van der Waals surface area contributed by atoms with Crippen LogP contribution >= 0.6 is 24.0 Å². The molecule has 0 fully saturated rings. The lowest BCUT2D eigenvalue weighted by Crippen LogP contribution is -2.39. The first-order valence-electron chi connectivity index (χ1n) is 9.56. The number of aliphatic imine (C=N–C) groups is 1. The lowest BCUT2D eigenvalue weighted by atomic mass is 10.2. The summed E-state index contributed by atoms with van der Waals surface area (Å²) in [4.78, 5) is 6.83. The van der Waals surface area contributed by atoms with E-state index in [0.717, 1.165) is 41.8 Å². The molecule has 0 spiro atoms. The monoisotopic (exact) mass is 512 g/mol. The topological polar surface area (TPSA) is 76.8 Å². The van der Waals surface area contributed by atoms with Crippen LogP contribution in [0.1, 0.15) is 18.3 Å². The number of aryl methyl sites for hydroxylation is 1. The van der Waals surface area contributed by atoms with Crippen molar-refractivity contribution < 1.29 is 9.47 Å². The molecule has 0 saturated heterocycles. The summed E-state index contributed by atoms with van der Waals surface area (Å²) in [6, 6.07) is 6.05. The normalized spacial score (nSPS) is 12.8. The fourth-order valence-electron chi connectivity index (χ4n) is 3.01. The SMILES string of the molecule is C=CCNC(=NCCn1cnnc1CC)N(C)Cc1ccc2c(c1)OCCO2.I. The van der Waals surface area contributed by atoms with Crippen LogP contribution < -0.4 is 14.8 Å². The van der Waals surface area contributed by atoms with E-state index in [0.29, 0.717) is 32.8 Å². The largest absolute Gasteiger partial charge is 0.486 e. The standard InChI is InChI=1S/C20H28N6O2.HI/c1-4-8-21-20(22-9-10-26-15-23-24-19(26)5-2)25(3)14-16-6-7-17-18(13-16)28-12-11-27-17;/h4,6-7,13,15H,1,5,8-12,14H2,2-3H3,(H,21,22);1H. The van der Waals surface area contributed by atoms with Gasteiger partial charge in [-0.05, 0) is 17.7 Å². The Morgan fingerprint density at radius 3 is 2.90 bits per heavy atom. The van der Waals surface area contributed by atoms with Crippen molar-refractivity contribution in [3.63, 3.8) is 0 Å². The van der Waals surface area contributed by atoms with E-state index in [4.69, 9.17) is 14.5 Å². The van der Waals surface area contributed by atoms with Crippen LogP contribution in [0.3, 0.4) is 0 Å². The van der Waals surface area contributed by atoms with Crippen molar-refractivity contribution in [2.45, 2.75) is 26.4 Å². The Morgan fingerprint density at radius 1 is 1.34 bits per heavy atom. The van der Waals surface area contributed by atoms with Gasteiger partial charge in [0.15, 0.2) is 17.5 Å². The number of guanidine groups is 1. The van der Waals surface area contributed by atoms with Crippen molar-refractivity contribution in [3.8, 4) is 11.5 Å². The Kier molecular flexibility index (Phi) is 9.23. The van der Waals surface area contributed by atoms with Gasteiger partial charge in [0, 0.05) is 33.1 Å². The third-order valence-electron chi connectivity index (χ3n) is 4.41. The van der Waals surface area contributed by atoms with Crippen LogP contribution in [-0.2, 0) is 19.5 Å². The zero-order valence-electron chi connectivity index (χ0n) is 17.0. The summed E-state index contributed by atoms with van der Waals surface area (Å²) in [5.74, 6) is 3.40. The molecule has 0 saturated carbocycles. The van der Waals surface area contributed by atoms with Crippen molar-refractivity contribution in [2.75, 3.05) is 33.4 Å². The second-order valence-corrected chi connectivity index (χ2v) is 6.50. The van der Waals surface area contributed by atoms with Gasteiger partial charge in [0.05, 0.1) is 6.54 Å². The van der Waals surface area contributed by atoms with Gasteiger partial charge < -0.3 is 24.3 Å². The van der Waals surface area contributed by atoms with E-state index >= 15 is 0 Å². The number of hydrogen-bond acceptors (Lipinski definition) is 5. The van der Waals surface area contributed by atoms with Gasteiger partial charge in [-0.2, -0.15) is 0 Å². The second kappa shape index (κ2) is 11.6. The zero-order valence-corrected chi connectivity index (χ0v) is 19.3. The number of halogens is 1. The van der Waals surface area contributed by atoms with E-state index in [1.165, 1.54) is 0 Å². The van der Waals surface area contributed by atoms with Gasteiger partial charge in [0.2, 0.25) is 0 Å². The molecular weight excluding hydrogens is 483 g/mol. The van der Waals surface area contributed by atoms with E-state index in [2.05, 4.69) is 40.0 Å². The summed E-state index contributed by atoms with van der Waals surface area (Å²) < 4.78 is 13.3. The van der Waals surface area contributed by atoms with Gasteiger partial charge in [0.25, 0.3) is 0 Å². The molecule has 1 aliphatic rings. The van der Waals surface area contributed by atoms with Crippen LogP contribution in [0.2, 0.25) is 0 Å². The highest BCUT2D eigenvalue weighted by Crippen LogP contribution is 2.31. The number of hydrogen-bond donors (Lipinski definition) is 1. The predicted molar refractivity (Wildman–Crippen MR) is 124 cm³/mol. The van der Waals surface area contributed by atoms with E-state index in [1.807, 2.05) is 29.8 Å². The molecule has 8 nitrogen and oxygen atoms in total. The zero-order chi connectivity index (χ0) is 19.8. The number of nitrogens with one attached hydrogen (secondary N) is 1. The highest BCUT2D eigenvalue weighted by molar-refractivity contribution is 14.0. The minimum atomic E-state index is 0. The van der Waals surface area contributed by atoms with Gasteiger partial charge in [-0.15, -0.1) is 40.8 Å². The Morgan fingerprint density at radius 2 is 2.14 bits per heavy atom. The summed E-state index contributed by atoms with van der Waals surface area (Å²) in [6.07, 6.45) is 4.43. The molecule has 1 aromatic heterocycles. The maximum Gasteiger partial charge on any atom is 0.194 e. The Labute approximate surface area is 189 Å². The summed E-state index contributed by atoms with van der Waals surface area (Å²) in [5.41, 5.74) is 1.13. The maximum absolute atomic E-state index is 5.68. The van der Waals surface area contributed by atoms with Gasteiger partial charge in [-0.25, -0.2) is 0 Å². The molecule has 1 aromatic carbocycles. The number of rotatable bonds is 8. The third kappa shape index (κ3) is 6.34. The predicted octanol–water partition coefficient (Wildman–Crippen LogP) is 2.49. The summed E-state index contributed by atoms with van der Waals surface area (Å²) >= 11 is 0. The fourth-order valence-corrected chi connectivity index (χ4v) is 3.01. The molecule has 0 amide bonds. The van der Waals surface area contributed by atoms with Crippen LogP contribution in [0.25, 0.3) is 0 Å². The molecule has 3 rings (SSSR count). The van der Waals surface area contributed by atoms with Crippen molar-refractivity contribution in [1.29, 1.82) is 0 Å². The Hall–Kier alpha value is -2.30. The molecule has 0 aliphatic carbocycles. The molecule has 9 heteroatoms. The molecule has 0 atom stereocenters. The first kappa shape index (κ1) is 23.0. The lowest BCUT2D eigenvalue weighted by molar-refractivity contribution is 0.171. The van der Waals surface area contributed by atoms with Crippen LogP contribution in [0.4, 0.5) is 0 Å². The van der Waals surface area contributed by atoms with E-state index in [9.17, 15) is 0 Å². The van der Waals surface area contributed by atoms with E-state index in [1.54, 1.807) is 6.33 Å². The Bertz CT molecular complexity index is 823. The number of aromatic nitrogens is 3. The van der Waals surface area contributed by atoms with Crippen molar-refractivity contribution in [3.05, 3.63) is 48.6 Å². The molecule has 0 unspecified atom stereocenters. The summed E-state index contributed by atoms with van der Waals surface area (Å²) in [6.45, 7) is 9.77. The first-order chi connectivity index (χ1) is 13.7. The summed E-state index contributed by atoms with van der Waals surface area (Å²) in [7, 11) is 2.02. The summed E-state index contributed by atoms with van der Waals surface area (Å²) in [5, 5.41) is 11.4. The molecule has 158 valence electrons. The minimum absolute atomic E-state index is 0. The van der Waals surface area contributed by atoms with Crippen LogP contribution in [0.5, 0.6) is 11.5 Å². The molecule has 29 heavy (non-hydrogen) atoms. The van der Waals surface area contributed by atoms with Crippen molar-refractivity contribution >= 4 is 29.9 Å². The van der Waals surface area contributed by atoms with Gasteiger partial charge in [-0.3, -0.25) is 4.99 Å². The average Bonchev–Trinajstić information content (AvgIpc) is 3.17. The maximum atomic E-state index is 5.68. The van der Waals surface area contributed by atoms with Gasteiger partial charge in [0.1, 0.15) is 25.4 Å². The Balaban J connectivity index is 0.00000300. The number of ether oxygens (including phenoxy) is 2. The minimum Gasteiger partial charge on any atom is -0.486 e. The highest BCUT2D eigenvalue weighted by Gasteiger charge is 2.13. The molecule has 1 N–H and O–H groups in total. The lowest BCUT2D eigenvalue weighted by Gasteiger charge is -2.24. The van der Waals surface area contributed by atoms with Crippen LogP contribution in [0, 0.1) is 0 Å². The molecule has 2 aromatic rings. The van der Waals surface area contributed by atoms with E-state index < -0.39 is 0 Å². The average molecular weight is 512 g/mol. The highest BCUT2D eigenvalue weighted by atomic mass is 127. The number of benzene rings is 1. The number of fused-ring (bicyclic) bond motifs is 1. The van der Waals surface area contributed by atoms with Gasteiger partial charge in [-0.1, -0.05) is 19.1 Å². The number of nitrogens with zero attached hydrogens (tertiary/aromatic N) is 5. The van der Waals surface area contributed by atoms with Crippen molar-refractivity contribution in [2.24, 2.45) is 4.99 Å². The quantitative estimate of drug-likeness (QED) is 0.254. The smallest absolute Gasteiger partial charge is 0.194 e. The van der Waals surface area contributed by atoms with Gasteiger partial charge >= 0.3 is 0 Å². The molecule has 2 heterocycles. The molecular formula is C20H29IN6O2. The van der Waals surface area contributed by atoms with E-state index in [-0.39, 0.29) is 24.0 Å². The first-order valence-corrected chi connectivity index (χ1v) is 9.56. The molecule has 0 bridgehead atoms. The van der Waals surface area contributed by atoms with Crippen LogP contribution in [0.15, 0.2) is 42.2 Å². The molecule has 0 radical (unpaired) electrons. The molecule has 1 aliphatic heterocycles.